The van der Waals surface area contributed by atoms with Crippen LogP contribution in [0.2, 0.25) is 0 Å². The number of rotatable bonds is 3. The first kappa shape index (κ1) is 13.3. The summed E-state index contributed by atoms with van der Waals surface area (Å²) in [5.41, 5.74) is 3.54. The van der Waals surface area contributed by atoms with Gasteiger partial charge in [0, 0.05) is 24.7 Å². The molecule has 0 saturated heterocycles. The van der Waals surface area contributed by atoms with Gasteiger partial charge in [-0.15, -0.1) is 6.58 Å². The van der Waals surface area contributed by atoms with Gasteiger partial charge < -0.3 is 4.90 Å². The minimum Gasteiger partial charge on any atom is -0.338 e. The maximum Gasteiger partial charge on any atom is 0.254 e. The van der Waals surface area contributed by atoms with E-state index in [0.29, 0.717) is 12.1 Å². The van der Waals surface area contributed by atoms with Crippen LogP contribution in [0, 0.1) is 13.8 Å². The molecule has 0 aliphatic carbocycles. The van der Waals surface area contributed by atoms with Crippen molar-refractivity contribution in [2.24, 2.45) is 0 Å². The lowest BCUT2D eigenvalue weighted by atomic mass is 10.0. The smallest absolute Gasteiger partial charge is 0.254 e. The van der Waals surface area contributed by atoms with Gasteiger partial charge in [-0.05, 0) is 32.0 Å². The molecule has 3 heteroatoms. The second-order valence-corrected chi connectivity index (χ2v) is 4.81. The number of pyridine rings is 1. The maximum absolute atomic E-state index is 12.5. The number of benzene rings is 1. The van der Waals surface area contributed by atoms with Gasteiger partial charge in [0.25, 0.3) is 5.91 Å². The molecule has 1 aromatic heterocycles. The third-order valence-corrected chi connectivity index (χ3v) is 3.07. The third-order valence-electron chi connectivity index (χ3n) is 3.07. The van der Waals surface area contributed by atoms with Crippen LogP contribution in [0.4, 0.5) is 0 Å². The van der Waals surface area contributed by atoms with Crippen molar-refractivity contribution in [1.29, 1.82) is 0 Å². The number of hydrogen-bond acceptors (Lipinski definition) is 2. The highest BCUT2D eigenvalue weighted by Gasteiger charge is 2.15. The Morgan fingerprint density at radius 1 is 1.37 bits per heavy atom. The summed E-state index contributed by atoms with van der Waals surface area (Å²) in [6, 6.07) is 7.83. The van der Waals surface area contributed by atoms with E-state index >= 15 is 0 Å². The Labute approximate surface area is 113 Å². The molecule has 2 aromatic rings. The Bertz CT molecular complexity index is 646. The van der Waals surface area contributed by atoms with E-state index in [1.807, 2.05) is 38.1 Å². The van der Waals surface area contributed by atoms with E-state index in [0.717, 1.165) is 22.2 Å². The minimum absolute atomic E-state index is 0.000926. The van der Waals surface area contributed by atoms with Crippen LogP contribution < -0.4 is 0 Å². The molecule has 3 nitrogen and oxygen atoms in total. The van der Waals surface area contributed by atoms with Crippen molar-refractivity contribution >= 4 is 16.8 Å². The van der Waals surface area contributed by atoms with Gasteiger partial charge in [-0.1, -0.05) is 17.7 Å². The van der Waals surface area contributed by atoms with E-state index in [9.17, 15) is 4.79 Å². The molecular formula is C16H18N2O. The maximum atomic E-state index is 12.5. The fourth-order valence-corrected chi connectivity index (χ4v) is 2.13. The van der Waals surface area contributed by atoms with Crippen LogP contribution >= 0.6 is 0 Å². The van der Waals surface area contributed by atoms with Crippen LogP contribution in [0.3, 0.4) is 0 Å². The molecule has 0 atom stereocenters. The Morgan fingerprint density at radius 2 is 2.11 bits per heavy atom. The third kappa shape index (κ3) is 2.65. The van der Waals surface area contributed by atoms with E-state index in [1.165, 1.54) is 0 Å². The van der Waals surface area contributed by atoms with Crippen LogP contribution in [-0.2, 0) is 0 Å². The number of hydrogen-bond donors (Lipinski definition) is 0. The molecule has 1 aromatic carbocycles. The number of carbonyl (C=O) groups excluding carboxylic acids is 1. The fourth-order valence-electron chi connectivity index (χ4n) is 2.13. The average molecular weight is 254 g/mol. The van der Waals surface area contributed by atoms with Crippen molar-refractivity contribution in [3.05, 3.63) is 53.7 Å². The summed E-state index contributed by atoms with van der Waals surface area (Å²) in [6.07, 6.45) is 1.72. The summed E-state index contributed by atoms with van der Waals surface area (Å²) >= 11 is 0. The molecule has 0 bridgehead atoms. The Morgan fingerprint density at radius 3 is 2.79 bits per heavy atom. The Balaban J connectivity index is 2.61. The topological polar surface area (TPSA) is 33.2 Å². The Hall–Kier alpha value is -2.16. The number of aryl methyl sites for hydroxylation is 2. The van der Waals surface area contributed by atoms with Crippen molar-refractivity contribution in [1.82, 2.24) is 9.88 Å². The summed E-state index contributed by atoms with van der Waals surface area (Å²) < 4.78 is 0. The van der Waals surface area contributed by atoms with Crippen molar-refractivity contribution < 1.29 is 4.79 Å². The zero-order valence-corrected chi connectivity index (χ0v) is 11.6. The van der Waals surface area contributed by atoms with E-state index < -0.39 is 0 Å². The predicted molar refractivity (Wildman–Crippen MR) is 78.4 cm³/mol. The summed E-state index contributed by atoms with van der Waals surface area (Å²) in [5.74, 6) is 0.000926. The normalized spacial score (nSPS) is 10.5. The largest absolute Gasteiger partial charge is 0.338 e. The second kappa shape index (κ2) is 5.22. The molecule has 0 radical (unpaired) electrons. The SMILES string of the molecule is C=CCN(C)C(=O)c1cc(C)nc2ccc(C)cc12. The van der Waals surface area contributed by atoms with Gasteiger partial charge in [-0.25, -0.2) is 0 Å². The first-order valence-electron chi connectivity index (χ1n) is 6.27. The number of fused-ring (bicyclic) bond motifs is 1. The van der Waals surface area contributed by atoms with Crippen LogP contribution in [0.15, 0.2) is 36.9 Å². The van der Waals surface area contributed by atoms with Gasteiger partial charge in [0.1, 0.15) is 0 Å². The highest BCUT2D eigenvalue weighted by molar-refractivity contribution is 6.06. The molecule has 98 valence electrons. The molecule has 0 aliphatic heterocycles. The highest BCUT2D eigenvalue weighted by Crippen LogP contribution is 2.21. The van der Waals surface area contributed by atoms with Gasteiger partial charge in [0.2, 0.25) is 0 Å². The molecular weight excluding hydrogens is 236 g/mol. The van der Waals surface area contributed by atoms with Gasteiger partial charge >= 0.3 is 0 Å². The Kier molecular flexibility index (Phi) is 3.65. The molecule has 0 spiro atoms. The predicted octanol–water partition coefficient (Wildman–Crippen LogP) is 3.11. The van der Waals surface area contributed by atoms with E-state index in [2.05, 4.69) is 11.6 Å². The van der Waals surface area contributed by atoms with Gasteiger partial charge in [-0.3, -0.25) is 9.78 Å². The first-order chi connectivity index (χ1) is 9.02. The number of nitrogens with zero attached hydrogens (tertiary/aromatic N) is 2. The zero-order chi connectivity index (χ0) is 14.0. The van der Waals surface area contributed by atoms with Gasteiger partial charge in [0.15, 0.2) is 0 Å². The van der Waals surface area contributed by atoms with Crippen LogP contribution in [-0.4, -0.2) is 29.4 Å². The summed E-state index contributed by atoms with van der Waals surface area (Å²) in [4.78, 5) is 18.6. The van der Waals surface area contributed by atoms with Crippen molar-refractivity contribution in [2.75, 3.05) is 13.6 Å². The fraction of sp³-hybridized carbons (Fsp3) is 0.250. The molecule has 19 heavy (non-hydrogen) atoms. The average Bonchev–Trinajstić information content (AvgIpc) is 2.38. The molecule has 0 aliphatic rings. The van der Waals surface area contributed by atoms with Crippen molar-refractivity contribution in [2.45, 2.75) is 13.8 Å². The summed E-state index contributed by atoms with van der Waals surface area (Å²) in [5, 5.41) is 0.909. The van der Waals surface area contributed by atoms with Crippen molar-refractivity contribution in [3.63, 3.8) is 0 Å². The molecule has 0 saturated carbocycles. The van der Waals surface area contributed by atoms with Crippen LogP contribution in [0.25, 0.3) is 10.9 Å². The van der Waals surface area contributed by atoms with Crippen LogP contribution in [0.1, 0.15) is 21.6 Å². The number of aromatic nitrogens is 1. The number of likely N-dealkylation sites (N-methyl/N-ethyl adjacent to an activating group) is 1. The van der Waals surface area contributed by atoms with E-state index in [1.54, 1.807) is 18.0 Å². The van der Waals surface area contributed by atoms with Crippen LogP contribution in [0.5, 0.6) is 0 Å². The first-order valence-corrected chi connectivity index (χ1v) is 6.27. The van der Waals surface area contributed by atoms with Gasteiger partial charge in [0.05, 0.1) is 11.1 Å². The molecule has 1 amide bonds. The lowest BCUT2D eigenvalue weighted by molar-refractivity contribution is 0.0812. The number of carbonyl (C=O) groups is 1. The van der Waals surface area contributed by atoms with E-state index in [-0.39, 0.29) is 5.91 Å². The minimum atomic E-state index is 0.000926. The highest BCUT2D eigenvalue weighted by atomic mass is 16.2. The lowest BCUT2D eigenvalue weighted by Crippen LogP contribution is -2.27. The monoisotopic (exact) mass is 254 g/mol. The standard InChI is InChI=1S/C16H18N2O/c1-5-8-18(4)16(19)14-10-12(3)17-15-7-6-11(2)9-13(14)15/h5-7,9-10H,1,8H2,2-4H3. The molecule has 1 heterocycles. The zero-order valence-electron chi connectivity index (χ0n) is 11.6. The molecule has 0 fully saturated rings. The molecule has 0 unspecified atom stereocenters. The molecule has 0 N–H and O–H groups in total. The summed E-state index contributed by atoms with van der Waals surface area (Å²) in [6.45, 7) is 8.12. The lowest BCUT2D eigenvalue weighted by Gasteiger charge is -2.16. The quantitative estimate of drug-likeness (QED) is 0.788. The van der Waals surface area contributed by atoms with Crippen molar-refractivity contribution in [3.8, 4) is 0 Å². The summed E-state index contributed by atoms with van der Waals surface area (Å²) in [7, 11) is 1.78. The second-order valence-electron chi connectivity index (χ2n) is 4.81. The number of amides is 1. The van der Waals surface area contributed by atoms with Gasteiger partial charge in [-0.2, -0.15) is 0 Å². The molecule has 2 rings (SSSR count). The van der Waals surface area contributed by atoms with E-state index in [4.69, 9.17) is 0 Å².